The molecule has 2 aromatic carbocycles. The molecule has 0 aliphatic rings. The number of benzene rings is 2. The Morgan fingerprint density at radius 1 is 0.929 bits per heavy atom. The van der Waals surface area contributed by atoms with Crippen LogP contribution in [0.1, 0.15) is 36.7 Å². The zero-order valence-electron chi connectivity index (χ0n) is 16.3. The van der Waals surface area contributed by atoms with E-state index in [1.807, 2.05) is 57.2 Å². The van der Waals surface area contributed by atoms with Crippen LogP contribution in [0.15, 0.2) is 60.7 Å². The fourth-order valence-electron chi connectivity index (χ4n) is 2.47. The fraction of sp³-hybridized carbons (Fsp3) is 0.286. The van der Waals surface area contributed by atoms with Crippen LogP contribution in [0.25, 0.3) is 0 Å². The number of carbonyl (C=O) groups excluding carboxylic acids is 2. The van der Waals surface area contributed by atoms with Crippen LogP contribution in [0.3, 0.4) is 0 Å². The molecule has 0 saturated carbocycles. The number of rotatable bonds is 5. The van der Waals surface area contributed by atoms with Crippen LogP contribution in [-0.2, 0) is 11.2 Å². The van der Waals surface area contributed by atoms with Gasteiger partial charge in [-0.1, -0.05) is 48.5 Å². The molecule has 2 amide bonds. The van der Waals surface area contributed by atoms with Gasteiger partial charge < -0.3 is 10.6 Å². The smallest absolute Gasteiger partial charge is 0.261 e. The van der Waals surface area contributed by atoms with Gasteiger partial charge in [0, 0.05) is 17.5 Å². The maximum atomic E-state index is 12.7. The lowest BCUT2D eigenvalue weighted by atomic mass is 10.0. The number of thiocarbonyl (C=S) groups is 1. The molecular weight excluding hydrogens is 372 g/mol. The van der Waals surface area contributed by atoms with Crippen LogP contribution in [-0.4, -0.2) is 28.5 Å². The number of hydrogen-bond acceptors (Lipinski definition) is 3. The van der Waals surface area contributed by atoms with E-state index < -0.39 is 6.04 Å². The van der Waals surface area contributed by atoms with Crippen LogP contribution < -0.4 is 21.5 Å². The van der Waals surface area contributed by atoms with Crippen molar-refractivity contribution in [2.45, 2.75) is 38.8 Å². The molecule has 0 aliphatic heterocycles. The molecule has 0 bridgehead atoms. The van der Waals surface area contributed by atoms with Gasteiger partial charge >= 0.3 is 0 Å². The van der Waals surface area contributed by atoms with E-state index in [1.54, 1.807) is 24.3 Å². The van der Waals surface area contributed by atoms with Gasteiger partial charge in [-0.15, -0.1) is 0 Å². The van der Waals surface area contributed by atoms with Gasteiger partial charge in [-0.3, -0.25) is 20.4 Å². The third-order valence-corrected chi connectivity index (χ3v) is 3.93. The second-order valence-corrected chi connectivity index (χ2v) is 7.81. The summed E-state index contributed by atoms with van der Waals surface area (Å²) < 4.78 is 0. The lowest BCUT2D eigenvalue weighted by Crippen LogP contribution is -2.57. The third kappa shape index (κ3) is 7.36. The molecule has 0 spiro atoms. The van der Waals surface area contributed by atoms with E-state index in [0.717, 1.165) is 5.56 Å². The monoisotopic (exact) mass is 398 g/mol. The van der Waals surface area contributed by atoms with Crippen molar-refractivity contribution in [3.63, 3.8) is 0 Å². The Morgan fingerprint density at radius 2 is 1.50 bits per heavy atom. The van der Waals surface area contributed by atoms with Crippen molar-refractivity contribution in [2.75, 3.05) is 0 Å². The number of hydrogen-bond donors (Lipinski definition) is 4. The van der Waals surface area contributed by atoms with Crippen molar-refractivity contribution < 1.29 is 9.59 Å². The molecule has 28 heavy (non-hydrogen) atoms. The minimum atomic E-state index is -0.764. The van der Waals surface area contributed by atoms with Gasteiger partial charge in [-0.2, -0.15) is 0 Å². The van der Waals surface area contributed by atoms with Crippen LogP contribution in [0, 0.1) is 0 Å². The first-order valence-electron chi connectivity index (χ1n) is 9.02. The summed E-state index contributed by atoms with van der Waals surface area (Å²) in [4.78, 5) is 25.2. The summed E-state index contributed by atoms with van der Waals surface area (Å²) >= 11 is 5.18. The largest absolute Gasteiger partial charge is 0.357 e. The van der Waals surface area contributed by atoms with Gasteiger partial charge in [0.15, 0.2) is 5.11 Å². The molecule has 2 rings (SSSR count). The summed E-state index contributed by atoms with van der Waals surface area (Å²) in [5.41, 5.74) is 6.45. The molecular formula is C21H26N4O2S. The first-order chi connectivity index (χ1) is 13.2. The zero-order valence-corrected chi connectivity index (χ0v) is 17.1. The Labute approximate surface area is 171 Å². The van der Waals surface area contributed by atoms with Crippen molar-refractivity contribution in [2.24, 2.45) is 0 Å². The first kappa shape index (κ1) is 21.4. The molecule has 2 aromatic rings. The van der Waals surface area contributed by atoms with E-state index in [1.165, 1.54) is 0 Å². The molecule has 0 unspecified atom stereocenters. The van der Waals surface area contributed by atoms with Crippen LogP contribution in [0.2, 0.25) is 0 Å². The van der Waals surface area contributed by atoms with Gasteiger partial charge in [-0.05, 0) is 50.7 Å². The molecule has 148 valence electrons. The van der Waals surface area contributed by atoms with Crippen LogP contribution in [0.4, 0.5) is 0 Å². The lowest BCUT2D eigenvalue weighted by molar-refractivity contribution is -0.123. The summed E-state index contributed by atoms with van der Waals surface area (Å²) in [6, 6.07) is 17.5. The summed E-state index contributed by atoms with van der Waals surface area (Å²) in [5, 5.41) is 6.15. The highest BCUT2D eigenvalue weighted by molar-refractivity contribution is 7.80. The predicted molar refractivity (Wildman–Crippen MR) is 115 cm³/mol. The third-order valence-electron chi connectivity index (χ3n) is 3.73. The molecule has 1 atom stereocenters. The quantitative estimate of drug-likeness (QED) is 0.459. The Bertz CT molecular complexity index is 804. The van der Waals surface area contributed by atoms with Crippen molar-refractivity contribution in [1.29, 1.82) is 0 Å². The molecule has 0 heterocycles. The average molecular weight is 399 g/mol. The molecule has 0 fully saturated rings. The molecule has 4 N–H and O–H groups in total. The van der Waals surface area contributed by atoms with Gasteiger partial charge in [0.25, 0.3) is 11.8 Å². The van der Waals surface area contributed by atoms with E-state index in [2.05, 4.69) is 21.5 Å². The van der Waals surface area contributed by atoms with Crippen LogP contribution >= 0.6 is 12.2 Å². The van der Waals surface area contributed by atoms with Gasteiger partial charge in [-0.25, -0.2) is 0 Å². The highest BCUT2D eigenvalue weighted by Gasteiger charge is 2.22. The van der Waals surface area contributed by atoms with Crippen molar-refractivity contribution in [1.82, 2.24) is 21.5 Å². The molecule has 0 aliphatic carbocycles. The molecule has 7 heteroatoms. The van der Waals surface area contributed by atoms with E-state index >= 15 is 0 Å². The van der Waals surface area contributed by atoms with Crippen molar-refractivity contribution in [3.8, 4) is 0 Å². The van der Waals surface area contributed by atoms with Gasteiger partial charge in [0.1, 0.15) is 6.04 Å². The Kier molecular flexibility index (Phi) is 7.52. The molecule has 0 saturated heterocycles. The summed E-state index contributed by atoms with van der Waals surface area (Å²) in [6.07, 6.45) is 0.354. The van der Waals surface area contributed by atoms with Crippen LogP contribution in [0.5, 0.6) is 0 Å². The maximum absolute atomic E-state index is 12.7. The highest BCUT2D eigenvalue weighted by atomic mass is 32.1. The SMILES string of the molecule is CC(C)(C)NC(=S)NNC(=O)[C@H](Cc1ccccc1)NC(=O)c1ccccc1. The van der Waals surface area contributed by atoms with Crippen molar-refractivity contribution in [3.05, 3.63) is 71.8 Å². The number of carbonyl (C=O) groups is 2. The summed E-state index contributed by atoms with van der Waals surface area (Å²) in [6.45, 7) is 5.88. The first-order valence-corrected chi connectivity index (χ1v) is 9.43. The Hall–Kier alpha value is -2.93. The van der Waals surface area contributed by atoms with E-state index in [-0.39, 0.29) is 17.4 Å². The predicted octanol–water partition coefficient (Wildman–Crippen LogP) is 2.32. The second-order valence-electron chi connectivity index (χ2n) is 7.40. The second kappa shape index (κ2) is 9.85. The van der Waals surface area contributed by atoms with E-state index in [9.17, 15) is 9.59 Å². The Balaban J connectivity index is 2.05. The van der Waals surface area contributed by atoms with E-state index in [4.69, 9.17) is 12.2 Å². The topological polar surface area (TPSA) is 82.3 Å². The van der Waals surface area contributed by atoms with Gasteiger partial charge in [0.05, 0.1) is 0 Å². The summed E-state index contributed by atoms with van der Waals surface area (Å²) in [7, 11) is 0. The zero-order chi connectivity index (χ0) is 20.6. The van der Waals surface area contributed by atoms with Gasteiger partial charge in [0.2, 0.25) is 0 Å². The normalized spacial score (nSPS) is 11.8. The highest BCUT2D eigenvalue weighted by Crippen LogP contribution is 2.06. The van der Waals surface area contributed by atoms with Crippen molar-refractivity contribution >= 4 is 29.1 Å². The number of amides is 2. The minimum absolute atomic E-state index is 0.236. The average Bonchev–Trinajstić information content (AvgIpc) is 2.65. The molecule has 0 aromatic heterocycles. The molecule has 6 nitrogen and oxygen atoms in total. The fourth-order valence-corrected chi connectivity index (χ4v) is 2.82. The summed E-state index contributed by atoms with van der Waals surface area (Å²) in [5.74, 6) is -0.696. The minimum Gasteiger partial charge on any atom is -0.357 e. The Morgan fingerprint density at radius 3 is 2.07 bits per heavy atom. The number of hydrazine groups is 1. The number of nitrogens with one attached hydrogen (secondary N) is 4. The molecule has 0 radical (unpaired) electrons. The maximum Gasteiger partial charge on any atom is 0.261 e. The van der Waals surface area contributed by atoms with E-state index in [0.29, 0.717) is 17.1 Å². The standard InChI is InChI=1S/C21H26N4O2S/c1-21(2,3)23-20(28)25-24-19(27)17(14-15-10-6-4-7-11-15)22-18(26)16-12-8-5-9-13-16/h4-13,17H,14H2,1-3H3,(H,22,26)(H,24,27)(H2,23,25,28)/t17-/m0/s1. The lowest BCUT2D eigenvalue weighted by Gasteiger charge is -2.24.